The average molecular weight is 478 g/mol. The van der Waals surface area contributed by atoms with Gasteiger partial charge in [0.2, 0.25) is 0 Å². The number of aryl methyl sites for hydroxylation is 2. The minimum Gasteiger partial charge on any atom is -0.508 e. The number of phenolic OH excluding ortho intramolecular Hbond substituents is 1. The van der Waals surface area contributed by atoms with E-state index in [9.17, 15) is 34.8 Å². The van der Waals surface area contributed by atoms with Crippen molar-refractivity contribution in [2.75, 3.05) is 0 Å². The molecule has 1 fully saturated rings. The molecule has 182 valence electrons. The van der Waals surface area contributed by atoms with Crippen molar-refractivity contribution in [1.82, 2.24) is 0 Å². The first kappa shape index (κ1) is 23.3. The summed E-state index contributed by atoms with van der Waals surface area (Å²) < 4.78 is 0. The van der Waals surface area contributed by atoms with Gasteiger partial charge in [-0.05, 0) is 55.4 Å². The molecule has 2 aromatic carbocycles. The Morgan fingerprint density at radius 2 is 1.71 bits per heavy atom. The molecule has 0 aromatic heterocycles. The largest absolute Gasteiger partial charge is 0.508 e. The number of rotatable bonds is 2. The summed E-state index contributed by atoms with van der Waals surface area (Å²) in [6.07, 6.45) is -1.59. The molecular formula is C27H27NO7. The summed E-state index contributed by atoms with van der Waals surface area (Å²) in [4.78, 5) is 38.0. The predicted molar refractivity (Wildman–Crippen MR) is 126 cm³/mol. The molecule has 5 rings (SSSR count). The number of ketones is 2. The number of hydrogen-bond acceptors (Lipinski definition) is 7. The zero-order chi connectivity index (χ0) is 25.4. The van der Waals surface area contributed by atoms with E-state index < -0.39 is 58.3 Å². The van der Waals surface area contributed by atoms with Crippen LogP contribution >= 0.6 is 0 Å². The molecule has 2 unspecified atom stereocenters. The smallest absolute Gasteiger partial charge is 0.255 e. The fourth-order valence-electron chi connectivity index (χ4n) is 6.47. The highest BCUT2D eigenvalue weighted by atomic mass is 16.4. The van der Waals surface area contributed by atoms with Crippen LogP contribution in [-0.2, 0) is 16.0 Å². The van der Waals surface area contributed by atoms with Gasteiger partial charge in [-0.15, -0.1) is 0 Å². The number of carbonyl (C=O) groups excluding carboxylic acids is 3. The first-order valence-corrected chi connectivity index (χ1v) is 11.6. The molecule has 0 aliphatic heterocycles. The summed E-state index contributed by atoms with van der Waals surface area (Å²) in [7, 11) is 0. The SMILES string of the molecule is Cc1cc(C)cc(-c2ccc(O)c3c2C[C@H]2C[C@H]4CC(=O)C(C(N)=O)=C(O)[C@@]4(O)C(O)C2C3=O)c1. The van der Waals surface area contributed by atoms with Gasteiger partial charge in [0, 0.05) is 12.3 Å². The van der Waals surface area contributed by atoms with Crippen molar-refractivity contribution in [3.05, 3.63) is 63.9 Å². The zero-order valence-electron chi connectivity index (χ0n) is 19.4. The minimum atomic E-state index is -2.37. The molecule has 35 heavy (non-hydrogen) atoms. The maximum atomic E-state index is 13.7. The molecule has 8 heteroatoms. The number of nitrogens with two attached hydrogens (primary N) is 1. The predicted octanol–water partition coefficient (Wildman–Crippen LogP) is 2.03. The normalized spacial score (nSPS) is 29.9. The first-order chi connectivity index (χ1) is 16.4. The molecule has 0 saturated heterocycles. The topological polar surface area (TPSA) is 158 Å². The molecule has 0 radical (unpaired) electrons. The van der Waals surface area contributed by atoms with Crippen LogP contribution in [0.1, 0.15) is 39.9 Å². The van der Waals surface area contributed by atoms with Gasteiger partial charge in [0.25, 0.3) is 5.91 Å². The molecule has 0 bridgehead atoms. The van der Waals surface area contributed by atoms with Crippen LogP contribution in [-0.4, -0.2) is 49.6 Å². The van der Waals surface area contributed by atoms with Gasteiger partial charge >= 0.3 is 0 Å². The molecule has 5 atom stereocenters. The van der Waals surface area contributed by atoms with Crippen molar-refractivity contribution in [2.45, 2.75) is 44.8 Å². The number of aliphatic hydroxyl groups is 3. The molecule has 0 spiro atoms. The van der Waals surface area contributed by atoms with Crippen LogP contribution in [0.25, 0.3) is 11.1 Å². The molecule has 1 amide bonds. The highest BCUT2D eigenvalue weighted by Gasteiger charge is 2.62. The summed E-state index contributed by atoms with van der Waals surface area (Å²) in [6, 6.07) is 9.25. The van der Waals surface area contributed by atoms with Crippen LogP contribution in [0.2, 0.25) is 0 Å². The van der Waals surface area contributed by atoms with Crippen molar-refractivity contribution < 1.29 is 34.8 Å². The number of amides is 1. The lowest BCUT2D eigenvalue weighted by Gasteiger charge is -2.52. The van der Waals surface area contributed by atoms with Crippen LogP contribution in [0, 0.1) is 31.6 Å². The molecule has 2 aromatic rings. The molecule has 8 nitrogen and oxygen atoms in total. The van der Waals surface area contributed by atoms with Crippen LogP contribution < -0.4 is 5.73 Å². The van der Waals surface area contributed by atoms with Crippen molar-refractivity contribution in [3.63, 3.8) is 0 Å². The van der Waals surface area contributed by atoms with E-state index in [1.165, 1.54) is 6.07 Å². The third-order valence-electron chi connectivity index (χ3n) is 7.92. The van der Waals surface area contributed by atoms with Gasteiger partial charge in [0.1, 0.15) is 23.2 Å². The number of fused-ring (bicyclic) bond motifs is 3. The van der Waals surface area contributed by atoms with Crippen molar-refractivity contribution in [1.29, 1.82) is 0 Å². The second kappa shape index (κ2) is 7.76. The van der Waals surface area contributed by atoms with Gasteiger partial charge in [-0.25, -0.2) is 0 Å². The van der Waals surface area contributed by atoms with E-state index in [-0.39, 0.29) is 24.2 Å². The third-order valence-corrected chi connectivity index (χ3v) is 7.92. The highest BCUT2D eigenvalue weighted by molar-refractivity contribution is 6.20. The number of benzene rings is 2. The van der Waals surface area contributed by atoms with Gasteiger partial charge in [0.05, 0.1) is 11.5 Å². The third kappa shape index (κ3) is 3.24. The molecule has 6 N–H and O–H groups in total. The summed E-state index contributed by atoms with van der Waals surface area (Å²) in [5.74, 6) is -6.16. The Morgan fingerprint density at radius 1 is 1.06 bits per heavy atom. The number of hydrogen-bond donors (Lipinski definition) is 5. The van der Waals surface area contributed by atoms with E-state index in [1.54, 1.807) is 6.07 Å². The highest BCUT2D eigenvalue weighted by Crippen LogP contribution is 2.53. The van der Waals surface area contributed by atoms with Gasteiger partial charge in [-0.2, -0.15) is 0 Å². The standard InChI is InChI=1S/C27H27NO7/c1-11-5-12(2)7-13(6-11)16-3-4-18(29)21-17(16)9-14-8-15-10-19(30)22(26(28)34)25(33)27(15,35)24(32)20(14)23(21)31/h3-7,14-15,20,24,29,32-33,35H,8-10H2,1-2H3,(H2,28,34)/t14-,15+,20?,24?,27+/m1/s1. The zero-order valence-corrected chi connectivity index (χ0v) is 19.4. The fourth-order valence-corrected chi connectivity index (χ4v) is 6.47. The molecule has 1 saturated carbocycles. The van der Waals surface area contributed by atoms with E-state index in [0.29, 0.717) is 12.0 Å². The van der Waals surface area contributed by atoms with Crippen molar-refractivity contribution in [2.24, 2.45) is 23.5 Å². The average Bonchev–Trinajstić information content (AvgIpc) is 2.75. The lowest BCUT2D eigenvalue weighted by molar-refractivity contribution is -0.170. The van der Waals surface area contributed by atoms with E-state index in [4.69, 9.17) is 5.73 Å². The summed E-state index contributed by atoms with van der Waals surface area (Å²) >= 11 is 0. The van der Waals surface area contributed by atoms with E-state index in [1.807, 2.05) is 32.0 Å². The summed E-state index contributed by atoms with van der Waals surface area (Å²) in [6.45, 7) is 3.95. The summed E-state index contributed by atoms with van der Waals surface area (Å²) in [5, 5.41) is 44.0. The number of Topliss-reactive ketones (excluding diaryl/α,β-unsaturated/α-hetero) is 2. The second-order valence-electron chi connectivity index (χ2n) is 10.1. The van der Waals surface area contributed by atoms with Gasteiger partial charge in [-0.1, -0.05) is 35.4 Å². The van der Waals surface area contributed by atoms with Gasteiger partial charge < -0.3 is 26.2 Å². The minimum absolute atomic E-state index is 0.0782. The lowest BCUT2D eigenvalue weighted by Crippen LogP contribution is -2.64. The Kier molecular flexibility index (Phi) is 5.16. The maximum absolute atomic E-state index is 13.7. The Morgan fingerprint density at radius 3 is 2.34 bits per heavy atom. The van der Waals surface area contributed by atoms with Gasteiger partial charge in [-0.3, -0.25) is 14.4 Å². The quantitative estimate of drug-likeness (QED) is 0.414. The second-order valence-corrected chi connectivity index (χ2v) is 10.1. The number of carbonyl (C=O) groups is 3. The monoisotopic (exact) mass is 477 g/mol. The van der Waals surface area contributed by atoms with Crippen LogP contribution in [0.5, 0.6) is 5.75 Å². The lowest BCUT2D eigenvalue weighted by atomic mass is 9.55. The maximum Gasteiger partial charge on any atom is 0.255 e. The van der Waals surface area contributed by atoms with Crippen molar-refractivity contribution in [3.8, 4) is 16.9 Å². The molecule has 3 aliphatic rings. The number of phenols is 1. The molecule has 0 heterocycles. The van der Waals surface area contributed by atoms with Gasteiger partial charge in [0.15, 0.2) is 17.2 Å². The van der Waals surface area contributed by atoms with Crippen molar-refractivity contribution >= 4 is 17.5 Å². The number of primary amides is 1. The Balaban J connectivity index is 1.65. The van der Waals surface area contributed by atoms with Crippen LogP contribution in [0.15, 0.2) is 41.7 Å². The Labute approximate surface area is 201 Å². The summed E-state index contributed by atoms with van der Waals surface area (Å²) in [5.41, 5.74) is 6.65. The Bertz CT molecular complexity index is 1320. The number of aliphatic hydroxyl groups excluding tert-OH is 2. The van der Waals surface area contributed by atoms with E-state index in [2.05, 4.69) is 0 Å². The van der Waals surface area contributed by atoms with E-state index >= 15 is 0 Å². The van der Waals surface area contributed by atoms with Crippen LogP contribution in [0.3, 0.4) is 0 Å². The Hall–Kier alpha value is -3.49. The molecule has 3 aliphatic carbocycles. The first-order valence-electron chi connectivity index (χ1n) is 11.6. The van der Waals surface area contributed by atoms with Crippen LogP contribution in [0.4, 0.5) is 0 Å². The molecular weight excluding hydrogens is 450 g/mol. The fraction of sp³-hybridized carbons (Fsp3) is 0.370. The van der Waals surface area contributed by atoms with E-state index in [0.717, 1.165) is 22.3 Å². The number of aromatic hydroxyl groups is 1.